The highest BCUT2D eigenvalue weighted by Crippen LogP contribution is 2.29. The molecule has 4 rings (SSSR count). The number of thiophene rings is 1. The number of piperidine rings is 1. The summed E-state index contributed by atoms with van der Waals surface area (Å²) in [5.74, 6) is 0. The Kier molecular flexibility index (Phi) is 4.47. The Hall–Kier alpha value is -1.21. The van der Waals surface area contributed by atoms with Gasteiger partial charge in [0.25, 0.3) is 0 Å². The molecule has 0 N–H and O–H groups in total. The highest BCUT2D eigenvalue weighted by molar-refractivity contribution is 7.89. The van der Waals surface area contributed by atoms with Gasteiger partial charge in [-0.15, -0.1) is 11.3 Å². The Labute approximate surface area is 147 Å². The molecule has 0 bridgehead atoms. The third-order valence-electron chi connectivity index (χ3n) is 5.16. The van der Waals surface area contributed by atoms with Crippen LogP contribution in [0.5, 0.6) is 0 Å². The van der Waals surface area contributed by atoms with Crippen LogP contribution in [0.3, 0.4) is 0 Å². The van der Waals surface area contributed by atoms with Gasteiger partial charge in [-0.25, -0.2) is 8.42 Å². The molecule has 0 aliphatic carbocycles. The first kappa shape index (κ1) is 16.3. The number of hydrogen-bond donors (Lipinski definition) is 0. The summed E-state index contributed by atoms with van der Waals surface area (Å²) in [7, 11) is -3.34. The van der Waals surface area contributed by atoms with E-state index in [-0.39, 0.29) is 0 Å². The van der Waals surface area contributed by atoms with Crippen molar-refractivity contribution < 1.29 is 8.42 Å². The minimum absolute atomic E-state index is 0.407. The Bertz CT molecular complexity index is 793. The molecular weight excluding hydrogens is 340 g/mol. The molecule has 24 heavy (non-hydrogen) atoms. The molecule has 128 valence electrons. The third kappa shape index (κ3) is 3.04. The Morgan fingerprint density at radius 2 is 1.75 bits per heavy atom. The van der Waals surface area contributed by atoms with E-state index >= 15 is 0 Å². The quantitative estimate of drug-likeness (QED) is 0.843. The van der Waals surface area contributed by atoms with Gasteiger partial charge in [0.05, 0.1) is 4.90 Å². The fourth-order valence-electron chi connectivity index (χ4n) is 3.77. The fraction of sp³-hybridized carbons (Fsp3) is 0.444. The van der Waals surface area contributed by atoms with Gasteiger partial charge in [0.15, 0.2) is 0 Å². The van der Waals surface area contributed by atoms with E-state index in [1.54, 1.807) is 28.6 Å². The van der Waals surface area contributed by atoms with Gasteiger partial charge in [0, 0.05) is 37.1 Å². The Morgan fingerprint density at radius 1 is 1.00 bits per heavy atom. The fourth-order valence-corrected chi connectivity index (χ4v) is 6.15. The number of fused-ring (bicyclic) bond motifs is 1. The van der Waals surface area contributed by atoms with Crippen molar-refractivity contribution in [2.45, 2.75) is 36.7 Å². The Balaban J connectivity index is 1.41. The van der Waals surface area contributed by atoms with Crippen LogP contribution in [-0.2, 0) is 23.0 Å². The summed E-state index contributed by atoms with van der Waals surface area (Å²) in [6.45, 7) is 3.36. The predicted octanol–water partition coefficient (Wildman–Crippen LogP) is 2.96. The van der Waals surface area contributed by atoms with E-state index in [0.29, 0.717) is 24.0 Å². The maximum atomic E-state index is 12.7. The van der Waals surface area contributed by atoms with Gasteiger partial charge in [-0.1, -0.05) is 18.2 Å². The van der Waals surface area contributed by atoms with E-state index < -0.39 is 10.0 Å². The summed E-state index contributed by atoms with van der Waals surface area (Å²) in [5, 5.41) is 2.18. The van der Waals surface area contributed by atoms with Gasteiger partial charge in [0.2, 0.25) is 10.0 Å². The molecule has 1 aromatic carbocycles. The molecule has 6 heteroatoms. The van der Waals surface area contributed by atoms with Crippen molar-refractivity contribution in [3.05, 3.63) is 52.2 Å². The lowest BCUT2D eigenvalue weighted by molar-refractivity contribution is 0.127. The van der Waals surface area contributed by atoms with E-state index in [1.165, 1.54) is 10.4 Å². The maximum absolute atomic E-state index is 12.7. The van der Waals surface area contributed by atoms with Crippen molar-refractivity contribution in [2.75, 3.05) is 19.6 Å². The van der Waals surface area contributed by atoms with E-state index in [4.69, 9.17) is 0 Å². The van der Waals surface area contributed by atoms with Gasteiger partial charge in [-0.05, 0) is 48.4 Å². The molecule has 3 heterocycles. The van der Waals surface area contributed by atoms with Crippen LogP contribution in [0.15, 0.2) is 46.7 Å². The van der Waals surface area contributed by atoms with Crippen LogP contribution in [0.2, 0.25) is 0 Å². The first-order valence-corrected chi connectivity index (χ1v) is 10.8. The molecule has 0 atom stereocenters. The molecule has 0 radical (unpaired) electrons. The SMILES string of the molecule is O=S(=O)(c1ccccc1)N1CCC(N2CCc3sccc3C2)CC1. The summed E-state index contributed by atoms with van der Waals surface area (Å²) in [4.78, 5) is 4.47. The second-order valence-corrected chi connectivity index (χ2v) is 9.48. The lowest BCUT2D eigenvalue weighted by Crippen LogP contribution is -2.47. The largest absolute Gasteiger partial charge is 0.296 e. The van der Waals surface area contributed by atoms with Crippen LogP contribution in [0, 0.1) is 0 Å². The smallest absolute Gasteiger partial charge is 0.243 e. The van der Waals surface area contributed by atoms with Gasteiger partial charge in [-0.3, -0.25) is 4.90 Å². The molecule has 2 aliphatic rings. The zero-order chi connectivity index (χ0) is 16.6. The van der Waals surface area contributed by atoms with Crippen molar-refractivity contribution in [1.29, 1.82) is 0 Å². The van der Waals surface area contributed by atoms with E-state index in [2.05, 4.69) is 16.3 Å². The lowest BCUT2D eigenvalue weighted by Gasteiger charge is -2.39. The molecule has 4 nitrogen and oxygen atoms in total. The second-order valence-electron chi connectivity index (χ2n) is 6.54. The number of rotatable bonds is 3. The van der Waals surface area contributed by atoms with E-state index in [9.17, 15) is 8.42 Å². The highest BCUT2D eigenvalue weighted by atomic mass is 32.2. The lowest BCUT2D eigenvalue weighted by atomic mass is 10.0. The molecular formula is C18H22N2O2S2. The summed E-state index contributed by atoms with van der Waals surface area (Å²) < 4.78 is 27.1. The van der Waals surface area contributed by atoms with Crippen molar-refractivity contribution in [3.63, 3.8) is 0 Å². The summed E-state index contributed by atoms with van der Waals surface area (Å²) in [6, 6.07) is 11.5. The third-order valence-corrected chi connectivity index (χ3v) is 8.09. The summed E-state index contributed by atoms with van der Waals surface area (Å²) in [5.41, 5.74) is 1.46. The molecule has 2 aliphatic heterocycles. The predicted molar refractivity (Wildman–Crippen MR) is 96.7 cm³/mol. The summed E-state index contributed by atoms with van der Waals surface area (Å²) >= 11 is 1.86. The molecule has 1 fully saturated rings. The average molecular weight is 363 g/mol. The molecule has 0 spiro atoms. The molecule has 1 aromatic heterocycles. The standard InChI is InChI=1S/C18H22N2O2S2/c21-24(22,17-4-2-1-3-5-17)20-11-6-16(7-12-20)19-10-8-18-15(14-19)9-13-23-18/h1-5,9,13,16H,6-8,10-12,14H2. The van der Waals surface area contributed by atoms with Crippen LogP contribution in [0.25, 0.3) is 0 Å². The Morgan fingerprint density at radius 3 is 2.50 bits per heavy atom. The van der Waals surface area contributed by atoms with Gasteiger partial charge in [-0.2, -0.15) is 4.31 Å². The maximum Gasteiger partial charge on any atom is 0.243 e. The molecule has 0 unspecified atom stereocenters. The first-order chi connectivity index (χ1) is 11.6. The van der Waals surface area contributed by atoms with Crippen molar-refractivity contribution >= 4 is 21.4 Å². The van der Waals surface area contributed by atoms with Crippen molar-refractivity contribution in [3.8, 4) is 0 Å². The summed E-state index contributed by atoms with van der Waals surface area (Å²) in [6.07, 6.45) is 2.98. The zero-order valence-corrected chi connectivity index (χ0v) is 15.2. The van der Waals surface area contributed by atoms with Crippen LogP contribution in [0.4, 0.5) is 0 Å². The van der Waals surface area contributed by atoms with E-state index in [1.807, 2.05) is 17.4 Å². The van der Waals surface area contributed by atoms with Crippen LogP contribution in [-0.4, -0.2) is 43.3 Å². The topological polar surface area (TPSA) is 40.6 Å². The number of sulfonamides is 1. The van der Waals surface area contributed by atoms with Crippen LogP contribution in [0.1, 0.15) is 23.3 Å². The van der Waals surface area contributed by atoms with Gasteiger partial charge < -0.3 is 0 Å². The zero-order valence-electron chi connectivity index (χ0n) is 13.6. The number of nitrogens with zero attached hydrogens (tertiary/aromatic N) is 2. The highest BCUT2D eigenvalue weighted by Gasteiger charge is 2.32. The van der Waals surface area contributed by atoms with Crippen molar-refractivity contribution in [1.82, 2.24) is 9.21 Å². The molecule has 0 amide bonds. The average Bonchev–Trinajstić information content (AvgIpc) is 3.10. The monoisotopic (exact) mass is 362 g/mol. The number of benzene rings is 1. The molecule has 2 aromatic rings. The van der Waals surface area contributed by atoms with Crippen LogP contribution < -0.4 is 0 Å². The minimum atomic E-state index is -3.34. The number of hydrogen-bond acceptors (Lipinski definition) is 4. The van der Waals surface area contributed by atoms with Gasteiger partial charge in [0.1, 0.15) is 0 Å². The van der Waals surface area contributed by atoms with Gasteiger partial charge >= 0.3 is 0 Å². The van der Waals surface area contributed by atoms with Crippen LogP contribution >= 0.6 is 11.3 Å². The second kappa shape index (κ2) is 6.59. The van der Waals surface area contributed by atoms with Crippen molar-refractivity contribution in [2.24, 2.45) is 0 Å². The first-order valence-electron chi connectivity index (χ1n) is 8.49. The minimum Gasteiger partial charge on any atom is -0.296 e. The van der Waals surface area contributed by atoms with E-state index in [0.717, 1.165) is 32.4 Å². The molecule has 0 saturated carbocycles. The molecule has 1 saturated heterocycles. The normalized spacial score (nSPS) is 20.8.